The van der Waals surface area contributed by atoms with Gasteiger partial charge in [-0.3, -0.25) is 19.7 Å². The fourth-order valence-electron chi connectivity index (χ4n) is 4.54. The lowest BCUT2D eigenvalue weighted by Crippen LogP contribution is -2.52. The van der Waals surface area contributed by atoms with Crippen molar-refractivity contribution in [1.29, 1.82) is 0 Å². The fourth-order valence-corrected chi connectivity index (χ4v) is 4.54. The Labute approximate surface area is 168 Å². The SMILES string of the molecule is O=C1CCC(N2Cc3cccc(CNc4cccc5c4CCN5)c3C2=O)C(=O)N1. The van der Waals surface area contributed by atoms with Crippen LogP contribution in [-0.2, 0) is 29.1 Å². The summed E-state index contributed by atoms with van der Waals surface area (Å²) < 4.78 is 0. The molecule has 0 bridgehead atoms. The number of imide groups is 1. The molecule has 0 radical (unpaired) electrons. The smallest absolute Gasteiger partial charge is 0.255 e. The molecule has 3 N–H and O–H groups in total. The third kappa shape index (κ3) is 3.03. The molecule has 2 aromatic rings. The van der Waals surface area contributed by atoms with Crippen molar-refractivity contribution < 1.29 is 14.4 Å². The van der Waals surface area contributed by atoms with E-state index >= 15 is 0 Å². The van der Waals surface area contributed by atoms with E-state index in [1.54, 1.807) is 4.90 Å². The first-order valence-corrected chi connectivity index (χ1v) is 9.97. The van der Waals surface area contributed by atoms with Crippen molar-refractivity contribution in [1.82, 2.24) is 10.2 Å². The van der Waals surface area contributed by atoms with Gasteiger partial charge in [-0.2, -0.15) is 0 Å². The van der Waals surface area contributed by atoms with Crippen molar-refractivity contribution in [3.8, 4) is 0 Å². The summed E-state index contributed by atoms with van der Waals surface area (Å²) in [7, 11) is 0. The van der Waals surface area contributed by atoms with Gasteiger partial charge in [-0.1, -0.05) is 24.3 Å². The number of fused-ring (bicyclic) bond motifs is 2. The van der Waals surface area contributed by atoms with E-state index in [-0.39, 0.29) is 24.1 Å². The Morgan fingerprint density at radius 2 is 1.93 bits per heavy atom. The fraction of sp³-hybridized carbons (Fsp3) is 0.318. The number of anilines is 2. The number of amides is 3. The lowest BCUT2D eigenvalue weighted by atomic mass is 10.0. The summed E-state index contributed by atoms with van der Waals surface area (Å²) in [6.07, 6.45) is 1.62. The van der Waals surface area contributed by atoms with E-state index in [0.717, 1.165) is 35.5 Å². The minimum Gasteiger partial charge on any atom is -0.384 e. The van der Waals surface area contributed by atoms with Crippen molar-refractivity contribution >= 4 is 29.1 Å². The number of carbonyl (C=O) groups is 3. The molecule has 0 saturated carbocycles. The molecule has 3 aliphatic heterocycles. The van der Waals surface area contributed by atoms with Gasteiger partial charge in [0.1, 0.15) is 6.04 Å². The molecule has 1 fully saturated rings. The van der Waals surface area contributed by atoms with Crippen LogP contribution in [0.15, 0.2) is 36.4 Å². The monoisotopic (exact) mass is 390 g/mol. The first kappa shape index (κ1) is 17.7. The standard InChI is InChI=1S/C22H22N4O3/c27-19-8-7-18(21(28)25-19)26-12-14-4-1-3-13(20(14)22(26)29)11-24-17-6-2-5-16-15(17)9-10-23-16/h1-6,18,23-24H,7-12H2,(H,25,27,28). The van der Waals surface area contributed by atoms with Crippen LogP contribution in [0, 0.1) is 0 Å². The molecule has 1 unspecified atom stereocenters. The molecule has 3 aliphatic rings. The zero-order valence-corrected chi connectivity index (χ0v) is 16.0. The first-order chi connectivity index (χ1) is 14.1. The van der Waals surface area contributed by atoms with Crippen LogP contribution in [0.3, 0.4) is 0 Å². The van der Waals surface area contributed by atoms with Gasteiger partial charge in [0.05, 0.1) is 0 Å². The summed E-state index contributed by atoms with van der Waals surface area (Å²) in [5, 5.41) is 9.21. The van der Waals surface area contributed by atoms with E-state index in [0.29, 0.717) is 25.1 Å². The van der Waals surface area contributed by atoms with Crippen LogP contribution in [-0.4, -0.2) is 35.2 Å². The Hall–Kier alpha value is -3.35. The maximum Gasteiger partial charge on any atom is 0.255 e. The number of carbonyl (C=O) groups excluding carboxylic acids is 3. The summed E-state index contributed by atoms with van der Waals surface area (Å²) in [6, 6.07) is 11.4. The van der Waals surface area contributed by atoms with E-state index < -0.39 is 6.04 Å². The summed E-state index contributed by atoms with van der Waals surface area (Å²) in [6.45, 7) is 1.88. The maximum absolute atomic E-state index is 13.2. The average Bonchev–Trinajstić information content (AvgIpc) is 3.32. The summed E-state index contributed by atoms with van der Waals surface area (Å²) in [5.74, 6) is -0.786. The molecule has 5 rings (SSSR count). The molecular weight excluding hydrogens is 368 g/mol. The second-order valence-electron chi connectivity index (χ2n) is 7.71. The Morgan fingerprint density at radius 3 is 2.79 bits per heavy atom. The zero-order chi connectivity index (χ0) is 20.0. The van der Waals surface area contributed by atoms with E-state index in [1.165, 1.54) is 5.56 Å². The first-order valence-electron chi connectivity index (χ1n) is 9.97. The number of benzene rings is 2. The highest BCUT2D eigenvalue weighted by Crippen LogP contribution is 2.32. The van der Waals surface area contributed by atoms with Gasteiger partial charge in [0, 0.05) is 48.6 Å². The summed E-state index contributed by atoms with van der Waals surface area (Å²) in [4.78, 5) is 38.5. The van der Waals surface area contributed by atoms with Crippen molar-refractivity contribution in [2.45, 2.75) is 38.4 Å². The highest BCUT2D eigenvalue weighted by Gasteiger charge is 2.39. The van der Waals surface area contributed by atoms with Crippen molar-refractivity contribution in [2.24, 2.45) is 0 Å². The van der Waals surface area contributed by atoms with E-state index in [1.807, 2.05) is 24.3 Å². The van der Waals surface area contributed by atoms with Gasteiger partial charge in [0.15, 0.2) is 0 Å². The van der Waals surface area contributed by atoms with Gasteiger partial charge in [0.25, 0.3) is 5.91 Å². The van der Waals surface area contributed by atoms with Gasteiger partial charge < -0.3 is 15.5 Å². The largest absolute Gasteiger partial charge is 0.384 e. The molecule has 7 nitrogen and oxygen atoms in total. The topological polar surface area (TPSA) is 90.5 Å². The second-order valence-corrected chi connectivity index (χ2v) is 7.71. The Morgan fingerprint density at radius 1 is 1.07 bits per heavy atom. The van der Waals surface area contributed by atoms with E-state index in [2.05, 4.69) is 28.1 Å². The minimum absolute atomic E-state index is 0.133. The van der Waals surface area contributed by atoms with Crippen LogP contribution in [0.5, 0.6) is 0 Å². The van der Waals surface area contributed by atoms with Gasteiger partial charge in [0.2, 0.25) is 11.8 Å². The quantitative estimate of drug-likeness (QED) is 0.695. The van der Waals surface area contributed by atoms with Crippen LogP contribution < -0.4 is 16.0 Å². The van der Waals surface area contributed by atoms with Crippen molar-refractivity contribution in [2.75, 3.05) is 17.2 Å². The third-order valence-corrected chi connectivity index (χ3v) is 5.97. The number of hydrogen-bond acceptors (Lipinski definition) is 5. The van der Waals surface area contributed by atoms with Crippen molar-refractivity contribution in [3.05, 3.63) is 58.7 Å². The van der Waals surface area contributed by atoms with Crippen LogP contribution in [0.25, 0.3) is 0 Å². The number of piperidine rings is 1. The van der Waals surface area contributed by atoms with Gasteiger partial charge >= 0.3 is 0 Å². The molecule has 3 heterocycles. The van der Waals surface area contributed by atoms with Crippen LogP contribution in [0.2, 0.25) is 0 Å². The number of nitrogens with zero attached hydrogens (tertiary/aromatic N) is 1. The average molecular weight is 390 g/mol. The normalized spacial score (nSPS) is 20.2. The van der Waals surface area contributed by atoms with Crippen LogP contribution >= 0.6 is 0 Å². The molecule has 0 aromatic heterocycles. The summed E-state index contributed by atoms with van der Waals surface area (Å²) in [5.41, 5.74) is 6.04. The van der Waals surface area contributed by atoms with Gasteiger partial charge in [-0.25, -0.2) is 0 Å². The lowest BCUT2D eigenvalue weighted by Gasteiger charge is -2.29. The number of nitrogens with one attached hydrogen (secondary N) is 3. The predicted octanol–water partition coefficient (Wildman–Crippen LogP) is 2.03. The molecule has 7 heteroatoms. The molecule has 29 heavy (non-hydrogen) atoms. The van der Waals surface area contributed by atoms with Gasteiger partial charge in [-0.05, 0) is 36.1 Å². The molecular formula is C22H22N4O3. The Bertz CT molecular complexity index is 1030. The molecule has 1 saturated heterocycles. The number of rotatable bonds is 4. The zero-order valence-electron chi connectivity index (χ0n) is 16.0. The maximum atomic E-state index is 13.2. The van der Waals surface area contributed by atoms with E-state index in [4.69, 9.17) is 0 Å². The predicted molar refractivity (Wildman–Crippen MR) is 108 cm³/mol. The Balaban J connectivity index is 1.37. The molecule has 3 amide bonds. The van der Waals surface area contributed by atoms with Crippen molar-refractivity contribution in [3.63, 3.8) is 0 Å². The second kappa shape index (κ2) is 6.92. The lowest BCUT2D eigenvalue weighted by molar-refractivity contribution is -0.136. The van der Waals surface area contributed by atoms with E-state index in [9.17, 15) is 14.4 Å². The van der Waals surface area contributed by atoms with Crippen LogP contribution in [0.1, 0.15) is 39.9 Å². The minimum atomic E-state index is -0.586. The highest BCUT2D eigenvalue weighted by molar-refractivity contribution is 6.06. The molecule has 0 aliphatic carbocycles. The number of hydrogen-bond donors (Lipinski definition) is 3. The molecule has 0 spiro atoms. The van der Waals surface area contributed by atoms with Gasteiger partial charge in [-0.15, -0.1) is 0 Å². The Kier molecular flexibility index (Phi) is 4.23. The molecule has 2 aromatic carbocycles. The highest BCUT2D eigenvalue weighted by atomic mass is 16.2. The van der Waals surface area contributed by atoms with Crippen LogP contribution in [0.4, 0.5) is 11.4 Å². The molecule has 1 atom stereocenters. The third-order valence-electron chi connectivity index (χ3n) is 5.97. The summed E-state index contributed by atoms with van der Waals surface area (Å²) >= 11 is 0. The molecule has 148 valence electrons.